The highest BCUT2D eigenvalue weighted by Crippen LogP contribution is 2.30. The van der Waals surface area contributed by atoms with E-state index in [9.17, 15) is 4.79 Å². The van der Waals surface area contributed by atoms with Gasteiger partial charge in [0, 0.05) is 6.54 Å². The van der Waals surface area contributed by atoms with Crippen LogP contribution in [0.1, 0.15) is 40.5 Å². The highest BCUT2D eigenvalue weighted by atomic mass is 16.5. The summed E-state index contributed by atoms with van der Waals surface area (Å²) >= 11 is 0. The van der Waals surface area contributed by atoms with Crippen LogP contribution < -0.4 is 5.32 Å². The zero-order valence-corrected chi connectivity index (χ0v) is 10.0. The number of hydrogen-bond donors (Lipinski definition) is 1. The van der Waals surface area contributed by atoms with E-state index < -0.39 is 0 Å². The molecule has 0 aliphatic carbocycles. The van der Waals surface area contributed by atoms with E-state index in [-0.39, 0.29) is 6.09 Å². The molecule has 1 N–H and O–H groups in total. The van der Waals surface area contributed by atoms with Gasteiger partial charge in [0.05, 0.1) is 7.11 Å². The molecule has 14 heavy (non-hydrogen) atoms. The minimum Gasteiger partial charge on any atom is -0.453 e. The highest BCUT2D eigenvalue weighted by molar-refractivity contribution is 5.66. The molecule has 0 heterocycles. The zero-order valence-electron chi connectivity index (χ0n) is 10.0. The van der Waals surface area contributed by atoms with Gasteiger partial charge in [-0.3, -0.25) is 0 Å². The lowest BCUT2D eigenvalue weighted by atomic mass is 9.77. The minimum absolute atomic E-state index is 0.340. The minimum atomic E-state index is -0.340. The fraction of sp³-hybridized carbons (Fsp3) is 0.909. The van der Waals surface area contributed by atoms with Gasteiger partial charge < -0.3 is 10.1 Å². The van der Waals surface area contributed by atoms with E-state index in [0.717, 1.165) is 12.8 Å². The summed E-state index contributed by atoms with van der Waals surface area (Å²) in [5.41, 5.74) is 0.345. The molecule has 3 heteroatoms. The molecule has 0 bridgehead atoms. The van der Waals surface area contributed by atoms with E-state index in [1.54, 1.807) is 0 Å². The fourth-order valence-electron chi connectivity index (χ4n) is 1.10. The summed E-state index contributed by atoms with van der Waals surface area (Å²) in [5.74, 6) is 0.667. The van der Waals surface area contributed by atoms with Crippen molar-refractivity contribution in [3.05, 3.63) is 0 Å². The molecule has 0 saturated heterocycles. The van der Waals surface area contributed by atoms with Crippen LogP contribution in [0, 0.1) is 11.3 Å². The summed E-state index contributed by atoms with van der Waals surface area (Å²) < 4.78 is 4.48. The normalized spacial score (nSPS) is 11.6. The Morgan fingerprint density at radius 3 is 2.43 bits per heavy atom. The first-order chi connectivity index (χ1) is 6.40. The number of ether oxygens (including phenoxy) is 1. The van der Waals surface area contributed by atoms with Crippen molar-refractivity contribution in [2.75, 3.05) is 13.7 Å². The number of carbonyl (C=O) groups is 1. The first kappa shape index (κ1) is 13.3. The van der Waals surface area contributed by atoms with Crippen LogP contribution >= 0.6 is 0 Å². The van der Waals surface area contributed by atoms with Crippen LogP contribution in [0.2, 0.25) is 0 Å². The van der Waals surface area contributed by atoms with Gasteiger partial charge in [-0.1, -0.05) is 27.7 Å². The second-order valence-electron chi connectivity index (χ2n) is 4.67. The topological polar surface area (TPSA) is 38.3 Å². The molecular formula is C11H23NO2. The van der Waals surface area contributed by atoms with Gasteiger partial charge in [-0.15, -0.1) is 0 Å². The van der Waals surface area contributed by atoms with E-state index in [4.69, 9.17) is 0 Å². The zero-order chi connectivity index (χ0) is 11.2. The average Bonchev–Trinajstić information content (AvgIpc) is 2.11. The first-order valence-corrected chi connectivity index (χ1v) is 5.22. The second kappa shape index (κ2) is 5.89. The molecule has 0 atom stereocenters. The number of nitrogens with one attached hydrogen (secondary N) is 1. The van der Waals surface area contributed by atoms with Crippen molar-refractivity contribution in [2.45, 2.75) is 40.5 Å². The maximum Gasteiger partial charge on any atom is 0.406 e. The Bertz CT molecular complexity index is 176. The monoisotopic (exact) mass is 201 g/mol. The van der Waals surface area contributed by atoms with Gasteiger partial charge in [0.25, 0.3) is 0 Å². The Labute approximate surface area is 87.2 Å². The molecule has 0 radical (unpaired) electrons. The molecule has 84 valence electrons. The molecule has 1 amide bonds. The molecule has 0 aliphatic heterocycles. The molecule has 0 rings (SSSR count). The maximum absolute atomic E-state index is 10.7. The summed E-state index contributed by atoms with van der Waals surface area (Å²) in [7, 11) is 1.38. The van der Waals surface area contributed by atoms with Crippen molar-refractivity contribution in [1.29, 1.82) is 0 Å². The van der Waals surface area contributed by atoms with Crippen molar-refractivity contribution in [3.63, 3.8) is 0 Å². The molecule has 0 aromatic carbocycles. The largest absolute Gasteiger partial charge is 0.453 e. The van der Waals surface area contributed by atoms with E-state index >= 15 is 0 Å². The Balaban J connectivity index is 3.59. The predicted octanol–water partition coefficient (Wildman–Crippen LogP) is 2.80. The number of methoxy groups -OCH3 is 1. The predicted molar refractivity (Wildman–Crippen MR) is 58.3 cm³/mol. The van der Waals surface area contributed by atoms with E-state index in [1.807, 2.05) is 0 Å². The van der Waals surface area contributed by atoms with Gasteiger partial charge in [0.1, 0.15) is 0 Å². The first-order valence-electron chi connectivity index (χ1n) is 5.22. The molecular weight excluding hydrogens is 178 g/mol. The smallest absolute Gasteiger partial charge is 0.406 e. The van der Waals surface area contributed by atoms with E-state index in [2.05, 4.69) is 37.7 Å². The number of amides is 1. The molecule has 3 nitrogen and oxygen atoms in total. The van der Waals surface area contributed by atoms with Crippen LogP contribution in [0.15, 0.2) is 0 Å². The Morgan fingerprint density at radius 1 is 1.43 bits per heavy atom. The van der Waals surface area contributed by atoms with Crippen LogP contribution in [0.5, 0.6) is 0 Å². The summed E-state index contributed by atoms with van der Waals surface area (Å²) in [5, 5.41) is 2.68. The van der Waals surface area contributed by atoms with Gasteiger partial charge in [0.15, 0.2) is 0 Å². The standard InChI is InChI=1S/C11H23NO2/c1-9(2)11(3,4)7-6-8-12-10(13)14-5/h9H,6-8H2,1-5H3,(H,12,13). The molecule has 0 aromatic heterocycles. The van der Waals surface area contributed by atoms with Crippen LogP contribution in [-0.2, 0) is 4.74 Å². The van der Waals surface area contributed by atoms with Gasteiger partial charge >= 0.3 is 6.09 Å². The van der Waals surface area contributed by atoms with E-state index in [0.29, 0.717) is 17.9 Å². The molecule has 0 aromatic rings. The van der Waals surface area contributed by atoms with E-state index in [1.165, 1.54) is 7.11 Å². The second-order valence-corrected chi connectivity index (χ2v) is 4.67. The lowest BCUT2D eigenvalue weighted by molar-refractivity contribution is 0.169. The van der Waals surface area contributed by atoms with Gasteiger partial charge in [0.2, 0.25) is 0 Å². The highest BCUT2D eigenvalue weighted by Gasteiger charge is 2.21. The van der Waals surface area contributed by atoms with Crippen molar-refractivity contribution in [3.8, 4) is 0 Å². The van der Waals surface area contributed by atoms with Crippen LogP contribution in [0.3, 0.4) is 0 Å². The van der Waals surface area contributed by atoms with Crippen LogP contribution in [-0.4, -0.2) is 19.7 Å². The van der Waals surface area contributed by atoms with Gasteiger partial charge in [-0.2, -0.15) is 0 Å². The molecule has 0 unspecified atom stereocenters. The summed E-state index contributed by atoms with van der Waals surface area (Å²) in [6, 6.07) is 0. The maximum atomic E-state index is 10.7. The lowest BCUT2D eigenvalue weighted by Gasteiger charge is -2.29. The third-order valence-electron chi connectivity index (χ3n) is 3.02. The number of alkyl carbamates (subject to hydrolysis) is 1. The lowest BCUT2D eigenvalue weighted by Crippen LogP contribution is -2.26. The number of hydrogen-bond acceptors (Lipinski definition) is 2. The average molecular weight is 201 g/mol. The third kappa shape index (κ3) is 5.10. The van der Waals surface area contributed by atoms with Crippen molar-refractivity contribution in [2.24, 2.45) is 11.3 Å². The van der Waals surface area contributed by atoms with Crippen molar-refractivity contribution < 1.29 is 9.53 Å². The number of carbonyl (C=O) groups excluding carboxylic acids is 1. The van der Waals surface area contributed by atoms with Gasteiger partial charge in [-0.25, -0.2) is 4.79 Å². The number of rotatable bonds is 5. The summed E-state index contributed by atoms with van der Waals surface area (Å²) in [6.45, 7) is 9.68. The molecule has 0 fully saturated rings. The Kier molecular flexibility index (Phi) is 5.58. The SMILES string of the molecule is COC(=O)NCCCC(C)(C)C(C)C. The van der Waals surface area contributed by atoms with Crippen molar-refractivity contribution >= 4 is 6.09 Å². The summed E-state index contributed by atoms with van der Waals surface area (Å²) in [6.07, 6.45) is 1.78. The molecule has 0 spiro atoms. The van der Waals surface area contributed by atoms with Gasteiger partial charge in [-0.05, 0) is 24.2 Å². The molecule has 0 aliphatic rings. The molecule has 0 saturated carbocycles. The Morgan fingerprint density at radius 2 is 2.00 bits per heavy atom. The third-order valence-corrected chi connectivity index (χ3v) is 3.02. The quantitative estimate of drug-likeness (QED) is 0.695. The fourth-order valence-corrected chi connectivity index (χ4v) is 1.10. The Hall–Kier alpha value is -0.730. The van der Waals surface area contributed by atoms with Crippen molar-refractivity contribution in [1.82, 2.24) is 5.32 Å². The van der Waals surface area contributed by atoms with Crippen LogP contribution in [0.25, 0.3) is 0 Å². The summed E-state index contributed by atoms with van der Waals surface area (Å²) in [4.78, 5) is 10.7. The van der Waals surface area contributed by atoms with Crippen LogP contribution in [0.4, 0.5) is 4.79 Å².